The molecule has 1 saturated carbocycles. The van der Waals surface area contributed by atoms with E-state index in [1.165, 1.54) is 25.5 Å². The van der Waals surface area contributed by atoms with E-state index in [0.717, 1.165) is 5.92 Å². The van der Waals surface area contributed by atoms with Crippen LogP contribution in [0.3, 0.4) is 0 Å². The second-order valence-corrected chi connectivity index (χ2v) is 5.74. The number of rotatable bonds is 1. The number of hydrogen-bond acceptors (Lipinski definition) is 0. The highest BCUT2D eigenvalue weighted by Gasteiger charge is 2.27. The standard InChI is InChI=1S/C10H10I2/c1-6-4-8(11)10(7-2-3-7)9(12)5-6/h4-5,7H,2-3H2,1H3. The van der Waals surface area contributed by atoms with Gasteiger partial charge >= 0.3 is 0 Å². The Hall–Kier alpha value is 0.680. The summed E-state index contributed by atoms with van der Waals surface area (Å²) in [6.45, 7) is 2.17. The molecule has 2 heteroatoms. The smallest absolute Gasteiger partial charge is 0.0178 e. The lowest BCUT2D eigenvalue weighted by Gasteiger charge is -2.06. The fourth-order valence-electron chi connectivity index (χ4n) is 1.47. The average Bonchev–Trinajstić information content (AvgIpc) is 2.68. The Labute approximate surface area is 100 Å². The highest BCUT2D eigenvalue weighted by molar-refractivity contribution is 14.1. The van der Waals surface area contributed by atoms with Crippen LogP contribution < -0.4 is 0 Å². The van der Waals surface area contributed by atoms with Crippen molar-refractivity contribution in [1.29, 1.82) is 0 Å². The summed E-state index contributed by atoms with van der Waals surface area (Å²) in [5.74, 6) is 0.879. The zero-order valence-corrected chi connectivity index (χ0v) is 11.2. The van der Waals surface area contributed by atoms with E-state index in [-0.39, 0.29) is 0 Å². The van der Waals surface area contributed by atoms with Crippen LogP contribution in [-0.2, 0) is 0 Å². The molecule has 1 aliphatic rings. The highest BCUT2D eigenvalue weighted by atomic mass is 127. The van der Waals surface area contributed by atoms with Gasteiger partial charge in [0.2, 0.25) is 0 Å². The van der Waals surface area contributed by atoms with E-state index in [1.54, 1.807) is 5.56 Å². The molecule has 12 heavy (non-hydrogen) atoms. The lowest BCUT2D eigenvalue weighted by atomic mass is 10.1. The number of halogens is 2. The molecule has 1 aliphatic carbocycles. The van der Waals surface area contributed by atoms with Crippen molar-refractivity contribution in [2.24, 2.45) is 0 Å². The predicted molar refractivity (Wildman–Crippen MR) is 68.6 cm³/mol. The predicted octanol–water partition coefficient (Wildman–Crippen LogP) is 4.08. The summed E-state index contributed by atoms with van der Waals surface area (Å²) >= 11 is 4.92. The zero-order valence-electron chi connectivity index (χ0n) is 6.90. The fourth-order valence-corrected chi connectivity index (χ4v) is 4.43. The van der Waals surface area contributed by atoms with Crippen LogP contribution in [0.5, 0.6) is 0 Å². The van der Waals surface area contributed by atoms with E-state index >= 15 is 0 Å². The molecular weight excluding hydrogens is 374 g/mol. The van der Waals surface area contributed by atoms with Crippen LogP contribution in [-0.4, -0.2) is 0 Å². The quantitative estimate of drug-likeness (QED) is 0.641. The molecule has 0 amide bonds. The SMILES string of the molecule is Cc1cc(I)c(C2CC2)c(I)c1. The second-order valence-electron chi connectivity index (χ2n) is 3.42. The molecule has 0 heterocycles. The normalized spacial score (nSPS) is 16.6. The highest BCUT2D eigenvalue weighted by Crippen LogP contribution is 2.44. The molecule has 0 aromatic heterocycles. The number of aryl methyl sites for hydroxylation is 1. The van der Waals surface area contributed by atoms with E-state index in [2.05, 4.69) is 64.2 Å². The van der Waals surface area contributed by atoms with Crippen LogP contribution in [0.2, 0.25) is 0 Å². The topological polar surface area (TPSA) is 0 Å². The van der Waals surface area contributed by atoms with E-state index in [9.17, 15) is 0 Å². The van der Waals surface area contributed by atoms with Crippen molar-refractivity contribution < 1.29 is 0 Å². The minimum atomic E-state index is 0.879. The van der Waals surface area contributed by atoms with Crippen molar-refractivity contribution in [1.82, 2.24) is 0 Å². The molecule has 1 fully saturated rings. The first-order valence-corrected chi connectivity index (χ1v) is 6.30. The van der Waals surface area contributed by atoms with E-state index < -0.39 is 0 Å². The Morgan fingerprint density at radius 3 is 2.08 bits per heavy atom. The van der Waals surface area contributed by atoms with Gasteiger partial charge in [0.25, 0.3) is 0 Å². The molecule has 0 atom stereocenters. The number of hydrogen-bond donors (Lipinski definition) is 0. The van der Waals surface area contributed by atoms with Gasteiger partial charge in [-0.15, -0.1) is 0 Å². The number of benzene rings is 1. The third kappa shape index (κ3) is 1.78. The second kappa shape index (κ2) is 3.44. The third-order valence-corrected chi connectivity index (χ3v) is 3.99. The Morgan fingerprint density at radius 2 is 1.67 bits per heavy atom. The zero-order chi connectivity index (χ0) is 8.72. The van der Waals surface area contributed by atoms with Gasteiger partial charge < -0.3 is 0 Å². The van der Waals surface area contributed by atoms with Crippen LogP contribution in [0.25, 0.3) is 0 Å². The first kappa shape index (κ1) is 9.24. The molecule has 0 unspecified atom stereocenters. The molecule has 2 rings (SSSR count). The van der Waals surface area contributed by atoms with Gasteiger partial charge in [0, 0.05) is 7.14 Å². The van der Waals surface area contributed by atoms with Crippen LogP contribution in [0.4, 0.5) is 0 Å². The molecule has 0 radical (unpaired) electrons. The van der Waals surface area contributed by atoms with Gasteiger partial charge in [0.05, 0.1) is 0 Å². The molecule has 0 spiro atoms. The summed E-state index contributed by atoms with van der Waals surface area (Å²) in [5, 5.41) is 0. The van der Waals surface area contributed by atoms with Crippen molar-refractivity contribution in [3.05, 3.63) is 30.4 Å². The first-order chi connectivity index (χ1) is 5.68. The van der Waals surface area contributed by atoms with E-state index in [4.69, 9.17) is 0 Å². The summed E-state index contributed by atoms with van der Waals surface area (Å²) in [6, 6.07) is 4.58. The molecule has 0 bridgehead atoms. The molecular formula is C10H10I2. The van der Waals surface area contributed by atoms with Crippen LogP contribution in [0.1, 0.15) is 29.9 Å². The largest absolute Gasteiger partial charge is 0.0490 e. The van der Waals surface area contributed by atoms with Crippen molar-refractivity contribution >= 4 is 45.2 Å². The van der Waals surface area contributed by atoms with Crippen LogP contribution in [0, 0.1) is 14.1 Å². The molecule has 64 valence electrons. The minimum absolute atomic E-state index is 0.879. The van der Waals surface area contributed by atoms with Crippen molar-refractivity contribution in [2.45, 2.75) is 25.7 Å². The fraction of sp³-hybridized carbons (Fsp3) is 0.400. The van der Waals surface area contributed by atoms with Crippen molar-refractivity contribution in [3.8, 4) is 0 Å². The third-order valence-electron chi connectivity index (χ3n) is 2.21. The van der Waals surface area contributed by atoms with Gasteiger partial charge in [-0.3, -0.25) is 0 Å². The Kier molecular flexibility index (Phi) is 2.65. The summed E-state index contributed by atoms with van der Waals surface area (Å²) in [5.41, 5.74) is 2.98. The average molecular weight is 384 g/mol. The van der Waals surface area contributed by atoms with Gasteiger partial charge in [-0.05, 0) is 94.1 Å². The van der Waals surface area contributed by atoms with Crippen LogP contribution in [0.15, 0.2) is 12.1 Å². The molecule has 0 aliphatic heterocycles. The molecule has 0 nitrogen and oxygen atoms in total. The monoisotopic (exact) mass is 384 g/mol. The van der Waals surface area contributed by atoms with Crippen molar-refractivity contribution in [3.63, 3.8) is 0 Å². The molecule has 0 N–H and O–H groups in total. The summed E-state index contributed by atoms with van der Waals surface area (Å²) in [7, 11) is 0. The molecule has 0 saturated heterocycles. The first-order valence-electron chi connectivity index (χ1n) is 4.14. The molecule has 1 aromatic carbocycles. The minimum Gasteiger partial charge on any atom is -0.0490 e. The summed E-state index contributed by atoms with van der Waals surface area (Å²) in [6.07, 6.45) is 2.80. The van der Waals surface area contributed by atoms with E-state index in [1.807, 2.05) is 0 Å². The maximum absolute atomic E-state index is 2.46. The molecule has 1 aromatic rings. The Balaban J connectivity index is 2.51. The van der Waals surface area contributed by atoms with E-state index in [0.29, 0.717) is 0 Å². The van der Waals surface area contributed by atoms with Gasteiger partial charge in [0.15, 0.2) is 0 Å². The van der Waals surface area contributed by atoms with Gasteiger partial charge in [0.1, 0.15) is 0 Å². The lowest BCUT2D eigenvalue weighted by molar-refractivity contribution is 1.09. The Morgan fingerprint density at radius 1 is 1.17 bits per heavy atom. The van der Waals surface area contributed by atoms with Gasteiger partial charge in [-0.2, -0.15) is 0 Å². The van der Waals surface area contributed by atoms with Crippen molar-refractivity contribution in [2.75, 3.05) is 0 Å². The summed E-state index contributed by atoms with van der Waals surface area (Å²) in [4.78, 5) is 0. The van der Waals surface area contributed by atoms with Gasteiger partial charge in [-0.1, -0.05) is 0 Å². The van der Waals surface area contributed by atoms with Crippen LogP contribution >= 0.6 is 45.2 Å². The maximum atomic E-state index is 2.46. The lowest BCUT2D eigenvalue weighted by Crippen LogP contribution is -1.91. The summed E-state index contributed by atoms with van der Waals surface area (Å²) < 4.78 is 2.92. The maximum Gasteiger partial charge on any atom is 0.0178 e. The van der Waals surface area contributed by atoms with Gasteiger partial charge in [-0.25, -0.2) is 0 Å². The Bertz CT molecular complexity index is 291.